The zero-order chi connectivity index (χ0) is 13.1. The maximum Gasteiger partial charge on any atom is 0.414 e. The maximum absolute atomic E-state index is 12.4. The Hall–Kier alpha value is -0.535. The van der Waals surface area contributed by atoms with Crippen molar-refractivity contribution in [3.05, 3.63) is 0 Å². The van der Waals surface area contributed by atoms with Crippen LogP contribution in [0.15, 0.2) is 0 Å². The summed E-state index contributed by atoms with van der Waals surface area (Å²) in [5.74, 6) is -0.526. The highest BCUT2D eigenvalue weighted by Crippen LogP contribution is 2.32. The number of ether oxygens (including phenoxy) is 1. The van der Waals surface area contributed by atoms with Crippen molar-refractivity contribution in [3.63, 3.8) is 0 Å². The van der Waals surface area contributed by atoms with Gasteiger partial charge >= 0.3 is 6.18 Å². The molecule has 0 bridgehead atoms. The molecular formula is C8H14BF3N2O2S. The SMILES string of the molecule is BNC(=S)NC1COC(C(F)(F)F)CC1CO. The fraction of sp³-hybridized carbons (Fsp3) is 0.875. The van der Waals surface area contributed by atoms with Crippen LogP contribution in [0.1, 0.15) is 6.42 Å². The van der Waals surface area contributed by atoms with Crippen LogP contribution in [-0.2, 0) is 4.74 Å². The highest BCUT2D eigenvalue weighted by molar-refractivity contribution is 7.80. The number of rotatable bonds is 2. The van der Waals surface area contributed by atoms with Gasteiger partial charge in [-0.25, -0.2) is 0 Å². The molecule has 3 atom stereocenters. The van der Waals surface area contributed by atoms with E-state index in [2.05, 4.69) is 10.5 Å². The lowest BCUT2D eigenvalue weighted by Gasteiger charge is -2.36. The number of halogens is 3. The van der Waals surface area contributed by atoms with Gasteiger partial charge in [-0.3, -0.25) is 0 Å². The van der Waals surface area contributed by atoms with E-state index in [0.29, 0.717) is 5.11 Å². The Morgan fingerprint density at radius 1 is 1.53 bits per heavy atom. The summed E-state index contributed by atoms with van der Waals surface area (Å²) in [6.45, 7) is -0.461. The minimum Gasteiger partial charge on any atom is -0.413 e. The van der Waals surface area contributed by atoms with Crippen molar-refractivity contribution in [1.82, 2.24) is 10.5 Å². The van der Waals surface area contributed by atoms with E-state index in [4.69, 9.17) is 22.1 Å². The van der Waals surface area contributed by atoms with Gasteiger partial charge in [-0.1, -0.05) is 0 Å². The molecule has 1 aliphatic rings. The molecule has 0 aliphatic carbocycles. The van der Waals surface area contributed by atoms with Gasteiger partial charge in [0.25, 0.3) is 0 Å². The first kappa shape index (κ1) is 14.5. The Balaban J connectivity index is 2.59. The van der Waals surface area contributed by atoms with Gasteiger partial charge in [0.15, 0.2) is 11.2 Å². The van der Waals surface area contributed by atoms with E-state index < -0.39 is 24.2 Å². The normalized spacial score (nSPS) is 29.8. The number of hydrogen-bond acceptors (Lipinski definition) is 3. The van der Waals surface area contributed by atoms with Gasteiger partial charge in [-0.15, -0.1) is 0 Å². The first-order chi connectivity index (χ1) is 7.88. The first-order valence-corrected chi connectivity index (χ1v) is 5.56. The number of alkyl halides is 3. The van der Waals surface area contributed by atoms with Gasteiger partial charge in [0.05, 0.1) is 12.6 Å². The van der Waals surface area contributed by atoms with E-state index in [9.17, 15) is 13.2 Å². The maximum atomic E-state index is 12.4. The number of aliphatic hydroxyl groups excluding tert-OH is 1. The second-order valence-corrected chi connectivity index (χ2v) is 4.28. The largest absolute Gasteiger partial charge is 0.414 e. The van der Waals surface area contributed by atoms with E-state index in [0.717, 1.165) is 0 Å². The fourth-order valence-corrected chi connectivity index (χ4v) is 1.84. The summed E-state index contributed by atoms with van der Waals surface area (Å²) >= 11 is 4.86. The first-order valence-electron chi connectivity index (χ1n) is 5.16. The molecular weight excluding hydrogens is 256 g/mol. The summed E-state index contributed by atoms with van der Waals surface area (Å²) in [5.41, 5.74) is 0. The molecule has 17 heavy (non-hydrogen) atoms. The molecule has 3 N–H and O–H groups in total. The molecule has 0 amide bonds. The molecule has 0 spiro atoms. The molecule has 4 nitrogen and oxygen atoms in total. The molecule has 1 rings (SSSR count). The molecule has 0 aromatic carbocycles. The van der Waals surface area contributed by atoms with Crippen LogP contribution in [-0.4, -0.2) is 49.7 Å². The lowest BCUT2D eigenvalue weighted by atomic mass is 9.91. The monoisotopic (exact) mass is 270 g/mol. The predicted molar refractivity (Wildman–Crippen MR) is 62.2 cm³/mol. The Kier molecular flexibility index (Phi) is 5.02. The Labute approximate surface area is 103 Å². The topological polar surface area (TPSA) is 53.5 Å². The van der Waals surface area contributed by atoms with Crippen molar-refractivity contribution in [2.24, 2.45) is 5.92 Å². The molecule has 1 heterocycles. The minimum atomic E-state index is -4.39. The van der Waals surface area contributed by atoms with Gasteiger partial charge < -0.3 is 20.4 Å². The van der Waals surface area contributed by atoms with Crippen LogP contribution < -0.4 is 10.5 Å². The van der Waals surface area contributed by atoms with Crippen molar-refractivity contribution in [2.45, 2.75) is 24.7 Å². The van der Waals surface area contributed by atoms with Crippen molar-refractivity contribution >= 4 is 25.3 Å². The molecule has 3 unspecified atom stereocenters. The van der Waals surface area contributed by atoms with Crippen LogP contribution in [0.3, 0.4) is 0 Å². The summed E-state index contributed by atoms with van der Waals surface area (Å²) in [7, 11) is 1.60. The lowest BCUT2D eigenvalue weighted by Crippen LogP contribution is -2.54. The number of nitrogens with one attached hydrogen (secondary N) is 2. The summed E-state index contributed by atoms with van der Waals surface area (Å²) in [5, 5.41) is 14.9. The molecule has 0 radical (unpaired) electrons. The van der Waals surface area contributed by atoms with Crippen LogP contribution in [0.5, 0.6) is 0 Å². The summed E-state index contributed by atoms with van der Waals surface area (Å²) in [4.78, 5) is 0. The van der Waals surface area contributed by atoms with Gasteiger partial charge in [-0.2, -0.15) is 13.2 Å². The molecule has 1 aliphatic heterocycles. The predicted octanol–water partition coefficient (Wildman–Crippen LogP) is -0.673. The number of thiocarbonyl (C=S) groups is 1. The second kappa shape index (κ2) is 5.88. The summed E-state index contributed by atoms with van der Waals surface area (Å²) < 4.78 is 42.1. The number of aliphatic hydroxyl groups is 1. The highest BCUT2D eigenvalue weighted by atomic mass is 32.1. The third kappa shape index (κ3) is 4.00. The average Bonchev–Trinajstić information content (AvgIpc) is 2.27. The van der Waals surface area contributed by atoms with E-state index >= 15 is 0 Å². The quantitative estimate of drug-likeness (QED) is 0.459. The van der Waals surface area contributed by atoms with Gasteiger partial charge in [0, 0.05) is 12.5 Å². The average molecular weight is 270 g/mol. The summed E-state index contributed by atoms with van der Waals surface area (Å²) in [6.07, 6.45) is -6.45. The smallest absolute Gasteiger partial charge is 0.413 e. The van der Waals surface area contributed by atoms with Crippen LogP contribution >= 0.6 is 12.2 Å². The van der Waals surface area contributed by atoms with Gasteiger partial charge in [0.1, 0.15) is 0 Å². The highest BCUT2D eigenvalue weighted by Gasteiger charge is 2.46. The molecule has 0 saturated carbocycles. The van der Waals surface area contributed by atoms with E-state index in [1.54, 1.807) is 7.98 Å². The molecule has 9 heteroatoms. The Morgan fingerprint density at radius 3 is 2.65 bits per heavy atom. The zero-order valence-electron chi connectivity index (χ0n) is 9.25. The molecule has 98 valence electrons. The van der Waals surface area contributed by atoms with Crippen LogP contribution in [0.2, 0.25) is 0 Å². The fourth-order valence-electron chi connectivity index (χ4n) is 1.69. The lowest BCUT2D eigenvalue weighted by molar-refractivity contribution is -0.239. The molecule has 0 aromatic rings. The van der Waals surface area contributed by atoms with Crippen LogP contribution in [0.25, 0.3) is 0 Å². The van der Waals surface area contributed by atoms with Crippen molar-refractivity contribution < 1.29 is 23.0 Å². The van der Waals surface area contributed by atoms with E-state index in [1.807, 2.05) is 0 Å². The zero-order valence-corrected chi connectivity index (χ0v) is 10.1. The Morgan fingerprint density at radius 2 is 2.18 bits per heavy atom. The Bertz CT molecular complexity index is 280. The van der Waals surface area contributed by atoms with E-state index in [1.165, 1.54) is 0 Å². The van der Waals surface area contributed by atoms with Crippen LogP contribution in [0, 0.1) is 5.92 Å². The van der Waals surface area contributed by atoms with Gasteiger partial charge in [-0.05, 0) is 18.6 Å². The molecule has 0 aromatic heterocycles. The number of hydrogen-bond donors (Lipinski definition) is 3. The van der Waals surface area contributed by atoms with E-state index in [-0.39, 0.29) is 19.6 Å². The van der Waals surface area contributed by atoms with Gasteiger partial charge in [0.2, 0.25) is 7.98 Å². The second-order valence-electron chi connectivity index (χ2n) is 3.87. The van der Waals surface area contributed by atoms with Crippen molar-refractivity contribution in [3.8, 4) is 0 Å². The van der Waals surface area contributed by atoms with Crippen molar-refractivity contribution in [1.29, 1.82) is 0 Å². The molecule has 1 saturated heterocycles. The van der Waals surface area contributed by atoms with Crippen molar-refractivity contribution in [2.75, 3.05) is 13.2 Å². The minimum absolute atomic E-state index is 0.128. The standard InChI is InChI=1S/C8H14BF3N2O2S/c9-14-7(17)13-5-3-16-6(8(10,11)12)1-4(5)2-15/h4-6,15H,1-3,9H2,(H2,13,14,17). The molecule has 1 fully saturated rings. The third-order valence-electron chi connectivity index (χ3n) is 2.71. The summed E-state index contributed by atoms with van der Waals surface area (Å²) in [6, 6.07) is -0.404. The third-order valence-corrected chi connectivity index (χ3v) is 3.03. The van der Waals surface area contributed by atoms with Crippen LogP contribution in [0.4, 0.5) is 13.2 Å².